The zero-order chi connectivity index (χ0) is 20.0. The van der Waals surface area contributed by atoms with Gasteiger partial charge in [0, 0.05) is 38.4 Å². The number of nitrogens with zero attached hydrogens (tertiary/aromatic N) is 4. The molecule has 0 fully saturated rings. The molecule has 0 bridgehead atoms. The summed E-state index contributed by atoms with van der Waals surface area (Å²) in [6, 6.07) is 9.16. The van der Waals surface area contributed by atoms with Crippen LogP contribution in [0.25, 0.3) is 0 Å². The van der Waals surface area contributed by atoms with Crippen molar-refractivity contribution in [1.82, 2.24) is 25.3 Å². The van der Waals surface area contributed by atoms with E-state index in [1.54, 1.807) is 7.05 Å². The van der Waals surface area contributed by atoms with Crippen molar-refractivity contribution in [2.75, 3.05) is 27.7 Å². The Morgan fingerprint density at radius 1 is 1.19 bits per heavy atom. The summed E-state index contributed by atoms with van der Waals surface area (Å²) in [6.07, 6.45) is 1.06. The van der Waals surface area contributed by atoms with E-state index in [1.807, 2.05) is 18.7 Å². The Balaban J connectivity index is 1.99. The van der Waals surface area contributed by atoms with E-state index in [-0.39, 0.29) is 6.04 Å². The highest BCUT2D eigenvalue weighted by Crippen LogP contribution is 2.18. The number of aryl methyl sites for hydroxylation is 3. The second-order valence-electron chi connectivity index (χ2n) is 7.15. The van der Waals surface area contributed by atoms with Gasteiger partial charge in [-0.3, -0.25) is 9.67 Å². The van der Waals surface area contributed by atoms with Gasteiger partial charge < -0.3 is 15.5 Å². The van der Waals surface area contributed by atoms with Crippen LogP contribution in [0.4, 0.5) is 0 Å². The van der Waals surface area contributed by atoms with Crippen LogP contribution in [-0.2, 0) is 20.0 Å². The normalized spacial score (nSPS) is 13.1. The Bertz CT molecular complexity index is 758. The summed E-state index contributed by atoms with van der Waals surface area (Å²) in [5.41, 5.74) is 6.13. The molecule has 1 heterocycles. The standard InChI is InChI=1S/C21H34N6/c1-8-17-9-11-18(12-10-17)20(26(5)6)14-24-21(22-4)23-13-19-15(2)25-27(7)16(19)3/h9-12,20H,8,13-14H2,1-7H3,(H2,22,23,24). The zero-order valence-corrected chi connectivity index (χ0v) is 17.8. The molecule has 148 valence electrons. The highest BCUT2D eigenvalue weighted by molar-refractivity contribution is 5.79. The average Bonchev–Trinajstić information content (AvgIpc) is 2.90. The van der Waals surface area contributed by atoms with Gasteiger partial charge >= 0.3 is 0 Å². The van der Waals surface area contributed by atoms with Gasteiger partial charge in [-0.1, -0.05) is 31.2 Å². The van der Waals surface area contributed by atoms with Crippen LogP contribution in [0.5, 0.6) is 0 Å². The molecule has 27 heavy (non-hydrogen) atoms. The van der Waals surface area contributed by atoms with Gasteiger partial charge in [0.2, 0.25) is 0 Å². The van der Waals surface area contributed by atoms with Crippen LogP contribution < -0.4 is 10.6 Å². The monoisotopic (exact) mass is 370 g/mol. The summed E-state index contributed by atoms with van der Waals surface area (Å²) in [6.45, 7) is 7.81. The van der Waals surface area contributed by atoms with Crippen LogP contribution in [0, 0.1) is 13.8 Å². The van der Waals surface area contributed by atoms with E-state index in [0.29, 0.717) is 6.54 Å². The topological polar surface area (TPSA) is 57.5 Å². The molecule has 1 atom stereocenters. The van der Waals surface area contributed by atoms with Gasteiger partial charge in [0.05, 0.1) is 11.7 Å². The Labute approximate surface area is 163 Å². The molecule has 0 aliphatic heterocycles. The van der Waals surface area contributed by atoms with Gasteiger partial charge in [-0.2, -0.15) is 5.10 Å². The maximum absolute atomic E-state index is 4.48. The number of hydrogen-bond acceptors (Lipinski definition) is 3. The molecule has 0 saturated heterocycles. The summed E-state index contributed by atoms with van der Waals surface area (Å²) < 4.78 is 1.92. The van der Waals surface area contributed by atoms with Crippen molar-refractivity contribution in [2.45, 2.75) is 39.8 Å². The Morgan fingerprint density at radius 2 is 1.85 bits per heavy atom. The van der Waals surface area contributed by atoms with Crippen LogP contribution in [0.3, 0.4) is 0 Å². The Morgan fingerprint density at radius 3 is 2.33 bits per heavy atom. The molecule has 0 spiro atoms. The average molecular weight is 371 g/mol. The molecule has 1 unspecified atom stereocenters. The van der Waals surface area contributed by atoms with Crippen LogP contribution in [0.2, 0.25) is 0 Å². The number of likely N-dealkylation sites (N-methyl/N-ethyl adjacent to an activating group) is 1. The van der Waals surface area contributed by atoms with Gasteiger partial charge in [-0.05, 0) is 45.5 Å². The largest absolute Gasteiger partial charge is 0.354 e. The molecule has 2 aromatic rings. The molecule has 0 saturated carbocycles. The first-order valence-electron chi connectivity index (χ1n) is 9.56. The van der Waals surface area contributed by atoms with E-state index in [0.717, 1.165) is 24.6 Å². The van der Waals surface area contributed by atoms with Crippen LogP contribution in [0.1, 0.15) is 41.0 Å². The first kappa shape index (κ1) is 21.0. The summed E-state index contributed by atoms with van der Waals surface area (Å²) in [5.74, 6) is 0.801. The molecule has 0 radical (unpaired) electrons. The lowest BCUT2D eigenvalue weighted by molar-refractivity contribution is 0.298. The molecule has 0 aliphatic rings. The summed E-state index contributed by atoms with van der Waals surface area (Å²) in [7, 11) is 8.00. The van der Waals surface area contributed by atoms with Gasteiger partial charge in [0.1, 0.15) is 0 Å². The molecular formula is C21H34N6. The minimum absolute atomic E-state index is 0.274. The number of aliphatic imine (C=N–C) groups is 1. The lowest BCUT2D eigenvalue weighted by atomic mass is 10.0. The minimum atomic E-state index is 0.274. The fourth-order valence-corrected chi connectivity index (χ4v) is 3.23. The van der Waals surface area contributed by atoms with Crippen molar-refractivity contribution in [3.8, 4) is 0 Å². The predicted molar refractivity (Wildman–Crippen MR) is 113 cm³/mol. The molecule has 0 amide bonds. The minimum Gasteiger partial charge on any atom is -0.354 e. The maximum atomic E-state index is 4.48. The molecule has 6 heteroatoms. The van der Waals surface area contributed by atoms with Crippen molar-refractivity contribution in [2.24, 2.45) is 12.0 Å². The first-order valence-corrected chi connectivity index (χ1v) is 9.56. The summed E-state index contributed by atoms with van der Waals surface area (Å²) in [5, 5.41) is 11.4. The lowest BCUT2D eigenvalue weighted by Gasteiger charge is -2.26. The second-order valence-corrected chi connectivity index (χ2v) is 7.15. The maximum Gasteiger partial charge on any atom is 0.191 e. The fraction of sp³-hybridized carbons (Fsp3) is 0.524. The third-order valence-electron chi connectivity index (χ3n) is 5.17. The van der Waals surface area contributed by atoms with Crippen LogP contribution in [0.15, 0.2) is 29.3 Å². The fourth-order valence-electron chi connectivity index (χ4n) is 3.23. The third-order valence-corrected chi connectivity index (χ3v) is 5.17. The zero-order valence-electron chi connectivity index (χ0n) is 17.8. The lowest BCUT2D eigenvalue weighted by Crippen LogP contribution is -2.41. The third kappa shape index (κ3) is 5.32. The molecule has 1 aromatic heterocycles. The Kier molecular flexibility index (Phi) is 7.42. The highest BCUT2D eigenvalue weighted by atomic mass is 15.3. The van der Waals surface area contributed by atoms with E-state index in [4.69, 9.17) is 0 Å². The van der Waals surface area contributed by atoms with Crippen molar-refractivity contribution < 1.29 is 0 Å². The van der Waals surface area contributed by atoms with Gasteiger partial charge in [-0.15, -0.1) is 0 Å². The Hall–Kier alpha value is -2.34. The molecule has 0 aliphatic carbocycles. The van der Waals surface area contributed by atoms with E-state index >= 15 is 0 Å². The number of hydrogen-bond donors (Lipinski definition) is 2. The predicted octanol–water partition coefficient (Wildman–Crippen LogP) is 2.57. The van der Waals surface area contributed by atoms with E-state index in [2.05, 4.69) is 77.8 Å². The molecule has 2 rings (SSSR count). The van der Waals surface area contributed by atoms with Crippen molar-refractivity contribution in [3.05, 3.63) is 52.3 Å². The van der Waals surface area contributed by atoms with E-state index in [9.17, 15) is 0 Å². The van der Waals surface area contributed by atoms with Crippen LogP contribution in [-0.4, -0.2) is 48.3 Å². The molecular weight excluding hydrogens is 336 g/mol. The highest BCUT2D eigenvalue weighted by Gasteiger charge is 2.15. The SMILES string of the molecule is CCc1ccc(C(CNC(=NC)NCc2c(C)nn(C)c2C)N(C)C)cc1. The summed E-state index contributed by atoms with van der Waals surface area (Å²) in [4.78, 5) is 6.60. The van der Waals surface area contributed by atoms with Gasteiger partial charge in [0.15, 0.2) is 5.96 Å². The number of guanidine groups is 1. The van der Waals surface area contributed by atoms with Gasteiger partial charge in [-0.25, -0.2) is 0 Å². The van der Waals surface area contributed by atoms with E-state index < -0.39 is 0 Å². The van der Waals surface area contributed by atoms with E-state index in [1.165, 1.54) is 22.4 Å². The molecule has 1 aromatic carbocycles. The molecule has 6 nitrogen and oxygen atoms in total. The molecule has 2 N–H and O–H groups in total. The smallest absolute Gasteiger partial charge is 0.191 e. The number of benzene rings is 1. The number of aromatic nitrogens is 2. The number of rotatable bonds is 7. The summed E-state index contributed by atoms with van der Waals surface area (Å²) >= 11 is 0. The van der Waals surface area contributed by atoms with Crippen molar-refractivity contribution in [1.29, 1.82) is 0 Å². The second kappa shape index (κ2) is 9.55. The van der Waals surface area contributed by atoms with Crippen molar-refractivity contribution in [3.63, 3.8) is 0 Å². The van der Waals surface area contributed by atoms with Crippen LogP contribution >= 0.6 is 0 Å². The van der Waals surface area contributed by atoms with Gasteiger partial charge in [0.25, 0.3) is 0 Å². The number of nitrogens with one attached hydrogen (secondary N) is 2. The quantitative estimate of drug-likeness (QED) is 0.581. The first-order chi connectivity index (χ1) is 12.9. The van der Waals surface area contributed by atoms with Crippen molar-refractivity contribution >= 4 is 5.96 Å².